The number of unbranched alkanes of at least 4 members (excludes halogenated alkanes) is 10. The van der Waals surface area contributed by atoms with Gasteiger partial charge in [-0.15, -0.1) is 0 Å². The van der Waals surface area contributed by atoms with Crippen LogP contribution in [0.5, 0.6) is 5.75 Å². The first-order valence-electron chi connectivity index (χ1n) is 15.1. The van der Waals surface area contributed by atoms with Crippen molar-refractivity contribution in [3.8, 4) is 5.75 Å². The third-order valence-corrected chi connectivity index (χ3v) is 7.65. The molecule has 0 spiro atoms. The molecule has 0 aromatic heterocycles. The van der Waals surface area contributed by atoms with E-state index in [1.54, 1.807) is 6.07 Å². The molecule has 0 bridgehead atoms. The first-order valence-corrected chi connectivity index (χ1v) is 16.6. The van der Waals surface area contributed by atoms with Crippen molar-refractivity contribution in [1.82, 2.24) is 0 Å². The fraction of sp³-hybridized carbons (Fsp3) is 0.677. The Morgan fingerprint density at radius 2 is 1.12 bits per heavy atom. The van der Waals surface area contributed by atoms with Gasteiger partial charge in [0.05, 0.1) is 46.2 Å². The summed E-state index contributed by atoms with van der Waals surface area (Å²) >= 11 is 0. The summed E-state index contributed by atoms with van der Waals surface area (Å²) in [5.74, 6) is 0.445. The smallest absolute Gasteiger partial charge is 0.379 e. The number of phosphoric acid groups is 1. The summed E-state index contributed by atoms with van der Waals surface area (Å²) in [4.78, 5) is 5.50. The molecule has 0 amide bonds. The van der Waals surface area contributed by atoms with Gasteiger partial charge in [0, 0.05) is 12.0 Å². The van der Waals surface area contributed by atoms with Gasteiger partial charge in [0.2, 0.25) is 0 Å². The molecule has 228 valence electrons. The number of benzene rings is 2. The van der Waals surface area contributed by atoms with Gasteiger partial charge >= 0.3 is 7.82 Å². The molecule has 2 aromatic rings. The van der Waals surface area contributed by atoms with Gasteiger partial charge in [-0.2, -0.15) is 0 Å². The van der Waals surface area contributed by atoms with Gasteiger partial charge in [0.25, 0.3) is 0 Å². The standard InChI is InChI=1S/C31H51O8P/c1-3-5-6-7-8-9-10-11-12-13-16-22-36-40(32,37-28-27-35-26-25-34-24-23-33-4-2)39-38-31-21-17-19-29-18-14-15-20-30(29)31/h14-15,17-21H,3-13,16,22-28H2,1-2H3. The van der Waals surface area contributed by atoms with Crippen molar-refractivity contribution in [1.29, 1.82) is 0 Å². The van der Waals surface area contributed by atoms with Crippen LogP contribution in [-0.2, 0) is 32.5 Å². The highest BCUT2D eigenvalue weighted by atomic mass is 31.2. The molecule has 0 aliphatic carbocycles. The van der Waals surface area contributed by atoms with Crippen LogP contribution in [0.15, 0.2) is 42.5 Å². The monoisotopic (exact) mass is 582 g/mol. The molecule has 0 aliphatic heterocycles. The maximum Gasteiger partial charge on any atom is 0.511 e. The Kier molecular flexibility index (Phi) is 20.0. The second-order valence-corrected chi connectivity index (χ2v) is 11.3. The van der Waals surface area contributed by atoms with Crippen molar-refractivity contribution in [3.05, 3.63) is 42.5 Å². The molecule has 0 N–H and O–H groups in total. The zero-order valence-corrected chi connectivity index (χ0v) is 25.6. The molecule has 0 saturated heterocycles. The predicted molar refractivity (Wildman–Crippen MR) is 160 cm³/mol. The largest absolute Gasteiger partial charge is 0.511 e. The summed E-state index contributed by atoms with van der Waals surface area (Å²) in [5, 5.41) is 1.83. The summed E-state index contributed by atoms with van der Waals surface area (Å²) in [6, 6.07) is 13.3. The highest BCUT2D eigenvalue weighted by Gasteiger charge is 2.29. The normalized spacial score (nSPS) is 13.1. The van der Waals surface area contributed by atoms with Crippen molar-refractivity contribution >= 4 is 18.6 Å². The van der Waals surface area contributed by atoms with Gasteiger partial charge in [-0.3, -0.25) is 9.05 Å². The lowest BCUT2D eigenvalue weighted by Crippen LogP contribution is -2.12. The Morgan fingerprint density at radius 3 is 1.80 bits per heavy atom. The van der Waals surface area contributed by atoms with Gasteiger partial charge in [-0.1, -0.05) is 112 Å². The number of fused-ring (bicyclic) bond motifs is 1. The van der Waals surface area contributed by atoms with Crippen LogP contribution < -0.4 is 4.89 Å². The van der Waals surface area contributed by atoms with E-state index in [1.165, 1.54) is 51.4 Å². The summed E-state index contributed by atoms with van der Waals surface area (Å²) in [7, 11) is -3.97. The van der Waals surface area contributed by atoms with Crippen molar-refractivity contribution in [2.45, 2.75) is 84.5 Å². The Labute approximate surface area is 241 Å². The number of ether oxygens (including phenoxy) is 3. The lowest BCUT2D eigenvalue weighted by molar-refractivity contribution is -0.132. The van der Waals surface area contributed by atoms with Crippen molar-refractivity contribution in [3.63, 3.8) is 0 Å². The van der Waals surface area contributed by atoms with Gasteiger partial charge in [0.15, 0.2) is 5.75 Å². The van der Waals surface area contributed by atoms with Crippen LogP contribution in [0, 0.1) is 0 Å². The first kappa shape index (κ1) is 34.7. The van der Waals surface area contributed by atoms with Crippen LogP contribution in [-0.4, -0.2) is 52.9 Å². The summed E-state index contributed by atoms with van der Waals surface area (Å²) < 4.78 is 46.0. The van der Waals surface area contributed by atoms with E-state index in [9.17, 15) is 4.57 Å². The predicted octanol–water partition coefficient (Wildman–Crippen LogP) is 8.67. The second-order valence-electron chi connectivity index (χ2n) is 9.71. The number of phosphoric ester groups is 1. The summed E-state index contributed by atoms with van der Waals surface area (Å²) in [5.41, 5.74) is 0. The molecular formula is C31H51O8P. The van der Waals surface area contributed by atoms with Crippen molar-refractivity contribution < 1.29 is 37.4 Å². The molecule has 9 heteroatoms. The van der Waals surface area contributed by atoms with Crippen LogP contribution in [0.1, 0.15) is 84.5 Å². The van der Waals surface area contributed by atoms with Crippen molar-refractivity contribution in [2.24, 2.45) is 0 Å². The SMILES string of the molecule is CCCCCCCCCCCCCOP(=O)(OCCOCCOCCOCC)OOc1cccc2ccccc12. The Hall–Kier alpha value is -1.51. The lowest BCUT2D eigenvalue weighted by atomic mass is 10.1. The van der Waals surface area contributed by atoms with E-state index >= 15 is 0 Å². The van der Waals surface area contributed by atoms with Crippen LogP contribution >= 0.6 is 7.82 Å². The molecule has 0 heterocycles. The average Bonchev–Trinajstić information content (AvgIpc) is 2.97. The zero-order valence-electron chi connectivity index (χ0n) is 24.7. The maximum absolute atomic E-state index is 13.4. The first-order chi connectivity index (χ1) is 19.7. The van der Waals surface area contributed by atoms with E-state index in [0.717, 1.165) is 30.0 Å². The average molecular weight is 583 g/mol. The molecule has 0 aliphatic rings. The second kappa shape index (κ2) is 23.1. The van der Waals surface area contributed by atoms with Gasteiger partial charge in [-0.05, 0) is 24.8 Å². The van der Waals surface area contributed by atoms with E-state index in [2.05, 4.69) is 6.92 Å². The fourth-order valence-corrected chi connectivity index (χ4v) is 5.15. The van der Waals surface area contributed by atoms with Crippen LogP contribution in [0.4, 0.5) is 0 Å². The zero-order chi connectivity index (χ0) is 28.6. The third kappa shape index (κ3) is 16.1. The van der Waals surface area contributed by atoms with Crippen LogP contribution in [0.25, 0.3) is 10.8 Å². The minimum atomic E-state index is -3.97. The molecule has 1 unspecified atom stereocenters. The van der Waals surface area contributed by atoms with E-state index in [0.29, 0.717) is 38.8 Å². The highest BCUT2D eigenvalue weighted by Crippen LogP contribution is 2.50. The van der Waals surface area contributed by atoms with E-state index in [1.807, 2.05) is 43.3 Å². The number of hydrogen-bond donors (Lipinski definition) is 0. The fourth-order valence-electron chi connectivity index (χ4n) is 4.17. The molecule has 0 fully saturated rings. The Bertz CT molecular complexity index is 920. The molecule has 0 saturated carbocycles. The maximum atomic E-state index is 13.4. The molecule has 0 radical (unpaired) electrons. The van der Waals surface area contributed by atoms with Gasteiger partial charge in [0.1, 0.15) is 0 Å². The molecule has 1 atom stereocenters. The van der Waals surface area contributed by atoms with E-state index in [-0.39, 0.29) is 19.8 Å². The lowest BCUT2D eigenvalue weighted by Gasteiger charge is -2.17. The van der Waals surface area contributed by atoms with Crippen molar-refractivity contribution in [2.75, 3.05) is 52.9 Å². The molecule has 2 rings (SSSR count). The summed E-state index contributed by atoms with van der Waals surface area (Å²) in [6.45, 7) is 7.31. The Balaban J connectivity index is 1.71. The van der Waals surface area contributed by atoms with Crippen LogP contribution in [0.2, 0.25) is 0 Å². The molecule has 2 aromatic carbocycles. The highest BCUT2D eigenvalue weighted by molar-refractivity contribution is 7.48. The van der Waals surface area contributed by atoms with Crippen LogP contribution in [0.3, 0.4) is 0 Å². The number of hydrogen-bond acceptors (Lipinski definition) is 8. The minimum absolute atomic E-state index is 0.0351. The Morgan fingerprint density at radius 1 is 0.575 bits per heavy atom. The topological polar surface area (TPSA) is 81.7 Å². The third-order valence-electron chi connectivity index (χ3n) is 6.39. The van der Waals surface area contributed by atoms with E-state index < -0.39 is 7.82 Å². The molecular weight excluding hydrogens is 531 g/mol. The number of rotatable bonds is 27. The van der Waals surface area contributed by atoms with Gasteiger partial charge in [-0.25, -0.2) is 4.57 Å². The quantitative estimate of drug-likeness (QED) is 0.0448. The summed E-state index contributed by atoms with van der Waals surface area (Å²) in [6.07, 6.45) is 13.4. The van der Waals surface area contributed by atoms with E-state index in [4.69, 9.17) is 32.8 Å². The molecule has 40 heavy (non-hydrogen) atoms. The van der Waals surface area contributed by atoms with Gasteiger partial charge < -0.3 is 19.1 Å². The minimum Gasteiger partial charge on any atom is -0.379 e. The molecule has 8 nitrogen and oxygen atoms in total.